The average Bonchev–Trinajstić information content (AvgIpc) is 3.23. The SMILES string of the molecule is Cn1c(SCC(=O)N2CCN(Cc3cccc4ccccc34)CC2)nnc1-c1ccccc1F. The summed E-state index contributed by atoms with van der Waals surface area (Å²) in [5, 5.41) is 11.4. The number of piperazine rings is 1. The maximum atomic E-state index is 14.1. The first kappa shape index (κ1) is 22.6. The standard InChI is InChI=1S/C26H26FN5OS/c1-30-25(22-11-4-5-12-23(22)27)28-29-26(30)34-18-24(33)32-15-13-31(14-16-32)17-20-9-6-8-19-7-2-3-10-21(19)20/h2-12H,13-18H2,1H3. The summed E-state index contributed by atoms with van der Waals surface area (Å²) in [6.45, 7) is 4.00. The van der Waals surface area contributed by atoms with Crippen LogP contribution in [0.25, 0.3) is 22.2 Å². The number of thioether (sulfide) groups is 1. The van der Waals surface area contributed by atoms with E-state index in [1.54, 1.807) is 29.8 Å². The highest BCUT2D eigenvalue weighted by atomic mass is 32.2. The monoisotopic (exact) mass is 475 g/mol. The zero-order valence-electron chi connectivity index (χ0n) is 19.0. The van der Waals surface area contributed by atoms with Crippen molar-refractivity contribution in [2.24, 2.45) is 7.05 Å². The molecule has 0 bridgehead atoms. The molecule has 8 heteroatoms. The van der Waals surface area contributed by atoms with Crippen molar-refractivity contribution in [3.8, 4) is 11.4 Å². The van der Waals surface area contributed by atoms with Gasteiger partial charge in [-0.2, -0.15) is 0 Å². The number of fused-ring (bicyclic) bond motifs is 1. The van der Waals surface area contributed by atoms with Crippen LogP contribution in [0.2, 0.25) is 0 Å². The van der Waals surface area contributed by atoms with Gasteiger partial charge in [-0.05, 0) is 28.5 Å². The maximum Gasteiger partial charge on any atom is 0.233 e. The predicted molar refractivity (Wildman–Crippen MR) is 133 cm³/mol. The average molecular weight is 476 g/mol. The lowest BCUT2D eigenvalue weighted by Gasteiger charge is -2.35. The molecular weight excluding hydrogens is 449 g/mol. The summed E-state index contributed by atoms with van der Waals surface area (Å²) in [5.41, 5.74) is 1.72. The molecule has 3 aromatic carbocycles. The van der Waals surface area contributed by atoms with Crippen LogP contribution in [0.3, 0.4) is 0 Å². The molecule has 0 spiro atoms. The third-order valence-electron chi connectivity index (χ3n) is 6.27. The molecule has 1 amide bonds. The molecule has 1 aromatic heterocycles. The zero-order chi connectivity index (χ0) is 23.5. The second kappa shape index (κ2) is 9.95. The van der Waals surface area contributed by atoms with E-state index >= 15 is 0 Å². The number of benzene rings is 3. The Hall–Kier alpha value is -3.23. The van der Waals surface area contributed by atoms with Gasteiger partial charge in [0.25, 0.3) is 0 Å². The van der Waals surface area contributed by atoms with Gasteiger partial charge in [-0.1, -0.05) is 66.4 Å². The van der Waals surface area contributed by atoms with E-state index in [0.717, 1.165) is 19.6 Å². The number of carbonyl (C=O) groups excluding carboxylic acids is 1. The Bertz CT molecular complexity index is 1310. The van der Waals surface area contributed by atoms with Crippen molar-refractivity contribution >= 4 is 28.4 Å². The second-order valence-corrected chi connectivity index (χ2v) is 9.37. The smallest absolute Gasteiger partial charge is 0.233 e. The third-order valence-corrected chi connectivity index (χ3v) is 7.28. The van der Waals surface area contributed by atoms with Gasteiger partial charge in [0, 0.05) is 39.8 Å². The summed E-state index contributed by atoms with van der Waals surface area (Å²) in [5.74, 6) is 0.486. The molecule has 0 saturated carbocycles. The molecule has 34 heavy (non-hydrogen) atoms. The van der Waals surface area contributed by atoms with Crippen molar-refractivity contribution in [3.05, 3.63) is 78.1 Å². The van der Waals surface area contributed by atoms with Gasteiger partial charge in [0.1, 0.15) is 5.82 Å². The molecule has 0 unspecified atom stereocenters. The number of hydrogen-bond acceptors (Lipinski definition) is 5. The maximum absolute atomic E-state index is 14.1. The fourth-order valence-electron chi connectivity index (χ4n) is 4.36. The number of nitrogens with zero attached hydrogens (tertiary/aromatic N) is 5. The van der Waals surface area contributed by atoms with Crippen molar-refractivity contribution in [1.82, 2.24) is 24.6 Å². The molecule has 1 saturated heterocycles. The minimum atomic E-state index is -0.341. The molecule has 1 aliphatic rings. The van der Waals surface area contributed by atoms with Crippen LogP contribution in [0, 0.1) is 5.82 Å². The van der Waals surface area contributed by atoms with Gasteiger partial charge in [-0.25, -0.2) is 4.39 Å². The highest BCUT2D eigenvalue weighted by Gasteiger charge is 2.23. The van der Waals surface area contributed by atoms with Crippen LogP contribution in [0.5, 0.6) is 0 Å². The summed E-state index contributed by atoms with van der Waals surface area (Å²) in [4.78, 5) is 17.1. The van der Waals surface area contributed by atoms with E-state index in [1.807, 2.05) is 4.90 Å². The van der Waals surface area contributed by atoms with Gasteiger partial charge >= 0.3 is 0 Å². The number of aromatic nitrogens is 3. The van der Waals surface area contributed by atoms with Crippen LogP contribution in [0.1, 0.15) is 5.56 Å². The second-order valence-electron chi connectivity index (χ2n) is 8.43. The van der Waals surface area contributed by atoms with Gasteiger partial charge in [-0.15, -0.1) is 10.2 Å². The molecule has 5 rings (SSSR count). The minimum Gasteiger partial charge on any atom is -0.339 e. The van der Waals surface area contributed by atoms with Crippen LogP contribution >= 0.6 is 11.8 Å². The number of rotatable bonds is 6. The Labute approximate surface area is 202 Å². The van der Waals surface area contributed by atoms with Gasteiger partial charge < -0.3 is 9.47 Å². The van der Waals surface area contributed by atoms with Crippen LogP contribution < -0.4 is 0 Å². The summed E-state index contributed by atoms with van der Waals surface area (Å²) in [6, 6.07) is 21.4. The molecule has 4 aromatic rings. The van der Waals surface area contributed by atoms with E-state index in [-0.39, 0.29) is 17.5 Å². The van der Waals surface area contributed by atoms with Gasteiger partial charge in [-0.3, -0.25) is 9.69 Å². The number of hydrogen-bond donors (Lipinski definition) is 0. The lowest BCUT2D eigenvalue weighted by molar-refractivity contribution is -0.130. The molecule has 174 valence electrons. The first-order chi connectivity index (χ1) is 16.6. The molecule has 0 N–H and O–H groups in total. The topological polar surface area (TPSA) is 54.3 Å². The molecule has 0 aliphatic carbocycles. The highest BCUT2D eigenvalue weighted by molar-refractivity contribution is 7.99. The van der Waals surface area contributed by atoms with E-state index in [1.165, 1.54) is 34.2 Å². The van der Waals surface area contributed by atoms with E-state index in [9.17, 15) is 9.18 Å². The van der Waals surface area contributed by atoms with Gasteiger partial charge in [0.15, 0.2) is 11.0 Å². The third kappa shape index (κ3) is 4.69. The molecule has 0 radical (unpaired) electrons. The molecule has 1 aliphatic heterocycles. The quantitative estimate of drug-likeness (QED) is 0.391. The van der Waals surface area contributed by atoms with Gasteiger partial charge in [0.2, 0.25) is 5.91 Å². The highest BCUT2D eigenvalue weighted by Crippen LogP contribution is 2.25. The number of amides is 1. The molecule has 0 atom stereocenters. The number of halogens is 1. The fourth-order valence-corrected chi connectivity index (χ4v) is 5.18. The van der Waals surface area contributed by atoms with Crippen molar-refractivity contribution in [2.45, 2.75) is 11.7 Å². The molecule has 6 nitrogen and oxygen atoms in total. The Morgan fingerprint density at radius 1 is 0.941 bits per heavy atom. The Kier molecular flexibility index (Phi) is 6.60. The van der Waals surface area contributed by atoms with Gasteiger partial charge in [0.05, 0.1) is 11.3 Å². The van der Waals surface area contributed by atoms with E-state index in [0.29, 0.717) is 29.6 Å². The first-order valence-corrected chi connectivity index (χ1v) is 12.3. The van der Waals surface area contributed by atoms with E-state index < -0.39 is 0 Å². The Morgan fingerprint density at radius 3 is 2.50 bits per heavy atom. The number of carbonyl (C=O) groups is 1. The van der Waals surface area contributed by atoms with Crippen molar-refractivity contribution in [1.29, 1.82) is 0 Å². The fraction of sp³-hybridized carbons (Fsp3) is 0.269. The van der Waals surface area contributed by atoms with E-state index in [4.69, 9.17) is 0 Å². The van der Waals surface area contributed by atoms with Crippen molar-refractivity contribution < 1.29 is 9.18 Å². The molecule has 2 heterocycles. The summed E-state index contributed by atoms with van der Waals surface area (Å²) < 4.78 is 15.8. The summed E-state index contributed by atoms with van der Waals surface area (Å²) in [6.07, 6.45) is 0. The zero-order valence-corrected chi connectivity index (χ0v) is 19.8. The lowest BCUT2D eigenvalue weighted by Crippen LogP contribution is -2.48. The normalized spacial score (nSPS) is 14.6. The molecular formula is C26H26FN5OS. The predicted octanol–water partition coefficient (Wildman–Crippen LogP) is 4.21. The van der Waals surface area contributed by atoms with Crippen molar-refractivity contribution in [3.63, 3.8) is 0 Å². The van der Waals surface area contributed by atoms with Crippen LogP contribution in [0.4, 0.5) is 4.39 Å². The van der Waals surface area contributed by atoms with Crippen LogP contribution in [-0.4, -0.2) is 62.4 Å². The van der Waals surface area contributed by atoms with E-state index in [2.05, 4.69) is 57.6 Å². The Balaban J connectivity index is 1.15. The summed E-state index contributed by atoms with van der Waals surface area (Å²) in [7, 11) is 1.79. The molecule has 1 fully saturated rings. The van der Waals surface area contributed by atoms with Crippen LogP contribution in [-0.2, 0) is 18.4 Å². The minimum absolute atomic E-state index is 0.0882. The van der Waals surface area contributed by atoms with Crippen LogP contribution in [0.15, 0.2) is 71.9 Å². The first-order valence-electron chi connectivity index (χ1n) is 11.3. The summed E-state index contributed by atoms with van der Waals surface area (Å²) >= 11 is 1.34. The lowest BCUT2D eigenvalue weighted by atomic mass is 10.0. The van der Waals surface area contributed by atoms with Crippen molar-refractivity contribution in [2.75, 3.05) is 31.9 Å². The Morgan fingerprint density at radius 2 is 1.68 bits per heavy atom. The largest absolute Gasteiger partial charge is 0.339 e.